The first-order chi connectivity index (χ1) is 7.16. The van der Waals surface area contributed by atoms with E-state index in [2.05, 4.69) is 0 Å². The molecule has 0 aliphatic carbocycles. The molecule has 4 heteroatoms. The van der Waals surface area contributed by atoms with Crippen LogP contribution in [0.5, 0.6) is 0 Å². The molecule has 80 valence electrons. The molecule has 0 spiro atoms. The molecule has 0 fully saturated rings. The van der Waals surface area contributed by atoms with Gasteiger partial charge in [0.2, 0.25) is 0 Å². The van der Waals surface area contributed by atoms with Crippen molar-refractivity contribution in [1.29, 1.82) is 0 Å². The average Bonchev–Trinajstić information content (AvgIpc) is 2.25. The van der Waals surface area contributed by atoms with Crippen LogP contribution in [0.25, 0.3) is 5.57 Å². The number of para-hydroxylation sites is 1. The molecule has 0 atom stereocenters. The Morgan fingerprint density at radius 1 is 1.53 bits per heavy atom. The smallest absolute Gasteiger partial charge is 0.276 e. The van der Waals surface area contributed by atoms with Crippen LogP contribution in [-0.4, -0.2) is 18.6 Å². The van der Waals surface area contributed by atoms with Gasteiger partial charge in [-0.15, -0.1) is 0 Å². The first-order valence-corrected chi connectivity index (χ1v) is 4.56. The van der Waals surface area contributed by atoms with Crippen LogP contribution in [0.2, 0.25) is 0 Å². The Morgan fingerprint density at radius 3 is 2.80 bits per heavy atom. The standard InChI is InChI=1S/C11H13NO3/c1-9(7-8-15-2)10-5-3-4-6-11(10)12(13)14/h3-7H,8H2,1-2H3/b9-7+. The molecule has 0 N–H and O–H groups in total. The molecule has 0 heterocycles. The van der Waals surface area contributed by atoms with Crippen molar-refractivity contribution in [3.05, 3.63) is 46.0 Å². The maximum atomic E-state index is 10.7. The Bertz CT molecular complexity index is 385. The zero-order valence-electron chi connectivity index (χ0n) is 8.77. The molecule has 1 aromatic carbocycles. The summed E-state index contributed by atoms with van der Waals surface area (Å²) in [5.41, 5.74) is 1.62. The van der Waals surface area contributed by atoms with Gasteiger partial charge in [0.1, 0.15) is 0 Å². The van der Waals surface area contributed by atoms with Gasteiger partial charge in [-0.3, -0.25) is 10.1 Å². The van der Waals surface area contributed by atoms with Crippen molar-refractivity contribution in [3.8, 4) is 0 Å². The minimum Gasteiger partial charge on any atom is -0.381 e. The van der Waals surface area contributed by atoms with Gasteiger partial charge >= 0.3 is 0 Å². The van der Waals surface area contributed by atoms with Gasteiger partial charge in [-0.05, 0) is 18.6 Å². The molecular weight excluding hydrogens is 194 g/mol. The summed E-state index contributed by atoms with van der Waals surface area (Å²) in [4.78, 5) is 10.4. The van der Waals surface area contributed by atoms with Crippen molar-refractivity contribution in [2.45, 2.75) is 6.92 Å². The SMILES string of the molecule is COC/C=C(\C)c1ccccc1[N+](=O)[O-]. The van der Waals surface area contributed by atoms with E-state index in [1.165, 1.54) is 6.07 Å². The van der Waals surface area contributed by atoms with E-state index in [1.54, 1.807) is 25.3 Å². The van der Waals surface area contributed by atoms with Crippen molar-refractivity contribution in [2.75, 3.05) is 13.7 Å². The van der Waals surface area contributed by atoms with E-state index >= 15 is 0 Å². The molecule has 0 bridgehead atoms. The number of rotatable bonds is 4. The number of hydrogen-bond donors (Lipinski definition) is 0. The maximum absolute atomic E-state index is 10.7. The second-order valence-electron chi connectivity index (χ2n) is 3.12. The summed E-state index contributed by atoms with van der Waals surface area (Å²) >= 11 is 0. The fraction of sp³-hybridized carbons (Fsp3) is 0.273. The number of nitrogens with zero attached hydrogens (tertiary/aromatic N) is 1. The highest BCUT2D eigenvalue weighted by molar-refractivity contribution is 5.71. The molecule has 0 amide bonds. The van der Waals surface area contributed by atoms with Gasteiger partial charge < -0.3 is 4.74 Å². The summed E-state index contributed by atoms with van der Waals surface area (Å²) in [6.07, 6.45) is 1.82. The maximum Gasteiger partial charge on any atom is 0.276 e. The lowest BCUT2D eigenvalue weighted by Crippen LogP contribution is -1.94. The lowest BCUT2D eigenvalue weighted by Gasteiger charge is -2.02. The zero-order valence-corrected chi connectivity index (χ0v) is 8.77. The minimum absolute atomic E-state index is 0.127. The molecule has 1 rings (SSSR count). The van der Waals surface area contributed by atoms with E-state index in [0.29, 0.717) is 12.2 Å². The van der Waals surface area contributed by atoms with Gasteiger partial charge in [-0.1, -0.05) is 18.2 Å². The quantitative estimate of drug-likeness (QED) is 0.563. The third kappa shape index (κ3) is 2.89. The number of allylic oxidation sites excluding steroid dienone is 1. The summed E-state index contributed by atoms with van der Waals surface area (Å²) < 4.78 is 4.89. The van der Waals surface area contributed by atoms with Gasteiger partial charge in [-0.2, -0.15) is 0 Å². The number of nitro groups is 1. The molecule has 1 aromatic rings. The third-order valence-corrected chi connectivity index (χ3v) is 2.08. The van der Waals surface area contributed by atoms with Gasteiger partial charge in [0.15, 0.2) is 0 Å². The van der Waals surface area contributed by atoms with Crippen LogP contribution in [0, 0.1) is 10.1 Å². The average molecular weight is 207 g/mol. The summed E-state index contributed by atoms with van der Waals surface area (Å²) in [5, 5.41) is 10.7. The number of hydrogen-bond acceptors (Lipinski definition) is 3. The van der Waals surface area contributed by atoms with Crippen molar-refractivity contribution in [2.24, 2.45) is 0 Å². The number of methoxy groups -OCH3 is 1. The van der Waals surface area contributed by atoms with Crippen LogP contribution in [-0.2, 0) is 4.74 Å². The van der Waals surface area contributed by atoms with Crippen molar-refractivity contribution in [3.63, 3.8) is 0 Å². The van der Waals surface area contributed by atoms with E-state index in [4.69, 9.17) is 4.74 Å². The highest BCUT2D eigenvalue weighted by Gasteiger charge is 2.12. The molecule has 0 aliphatic heterocycles. The summed E-state index contributed by atoms with van der Waals surface area (Å²) in [6, 6.07) is 6.68. The Kier molecular flexibility index (Phi) is 4.00. The van der Waals surface area contributed by atoms with Crippen LogP contribution in [0.3, 0.4) is 0 Å². The molecular formula is C11H13NO3. The zero-order chi connectivity index (χ0) is 11.3. The lowest BCUT2D eigenvalue weighted by atomic mass is 10.1. The van der Waals surface area contributed by atoms with Crippen molar-refractivity contribution < 1.29 is 9.66 Å². The predicted octanol–water partition coefficient (Wildman–Crippen LogP) is 2.64. The highest BCUT2D eigenvalue weighted by atomic mass is 16.6. The monoisotopic (exact) mass is 207 g/mol. The molecule has 0 saturated carbocycles. The van der Waals surface area contributed by atoms with Crippen LogP contribution in [0.1, 0.15) is 12.5 Å². The van der Waals surface area contributed by atoms with Crippen molar-refractivity contribution in [1.82, 2.24) is 0 Å². The van der Waals surface area contributed by atoms with E-state index in [-0.39, 0.29) is 10.6 Å². The second-order valence-corrected chi connectivity index (χ2v) is 3.12. The summed E-state index contributed by atoms with van der Waals surface area (Å²) in [6.45, 7) is 2.29. The number of ether oxygens (including phenoxy) is 1. The lowest BCUT2D eigenvalue weighted by molar-refractivity contribution is -0.385. The fourth-order valence-corrected chi connectivity index (χ4v) is 1.28. The third-order valence-electron chi connectivity index (χ3n) is 2.08. The molecule has 4 nitrogen and oxygen atoms in total. The molecule has 0 unspecified atom stereocenters. The van der Waals surface area contributed by atoms with E-state index in [9.17, 15) is 10.1 Å². The highest BCUT2D eigenvalue weighted by Crippen LogP contribution is 2.24. The first-order valence-electron chi connectivity index (χ1n) is 4.56. The van der Waals surface area contributed by atoms with Crippen LogP contribution in [0.15, 0.2) is 30.3 Å². The Hall–Kier alpha value is -1.68. The van der Waals surface area contributed by atoms with Gasteiger partial charge in [-0.25, -0.2) is 0 Å². The van der Waals surface area contributed by atoms with Gasteiger partial charge in [0.05, 0.1) is 17.1 Å². The normalized spacial score (nSPS) is 11.5. The van der Waals surface area contributed by atoms with Crippen LogP contribution < -0.4 is 0 Å². The molecule has 0 radical (unpaired) electrons. The minimum atomic E-state index is -0.376. The summed E-state index contributed by atoms with van der Waals surface area (Å²) in [7, 11) is 1.59. The molecule has 15 heavy (non-hydrogen) atoms. The predicted molar refractivity (Wildman–Crippen MR) is 58.6 cm³/mol. The Morgan fingerprint density at radius 2 is 2.20 bits per heavy atom. The van der Waals surface area contributed by atoms with Gasteiger partial charge in [0.25, 0.3) is 5.69 Å². The topological polar surface area (TPSA) is 52.4 Å². The van der Waals surface area contributed by atoms with Gasteiger partial charge in [0, 0.05) is 13.2 Å². The summed E-state index contributed by atoms with van der Waals surface area (Å²) in [5.74, 6) is 0. The largest absolute Gasteiger partial charge is 0.381 e. The number of benzene rings is 1. The number of nitro benzene ring substituents is 1. The van der Waals surface area contributed by atoms with Crippen LogP contribution in [0.4, 0.5) is 5.69 Å². The van der Waals surface area contributed by atoms with Crippen molar-refractivity contribution >= 4 is 11.3 Å². The fourth-order valence-electron chi connectivity index (χ4n) is 1.28. The molecule has 0 aliphatic rings. The second kappa shape index (κ2) is 5.26. The first kappa shape index (κ1) is 11.4. The Labute approximate surface area is 88.3 Å². The molecule has 0 saturated heterocycles. The van der Waals surface area contributed by atoms with E-state index < -0.39 is 0 Å². The Balaban J connectivity index is 3.07. The van der Waals surface area contributed by atoms with Crippen LogP contribution >= 0.6 is 0 Å². The molecule has 0 aromatic heterocycles. The van der Waals surface area contributed by atoms with E-state index in [0.717, 1.165) is 5.57 Å². The van der Waals surface area contributed by atoms with E-state index in [1.807, 2.05) is 13.0 Å².